The maximum Gasteiger partial charge on any atom is 0.254 e. The molecule has 0 bridgehead atoms. The molecule has 0 aromatic heterocycles. The summed E-state index contributed by atoms with van der Waals surface area (Å²) < 4.78 is 0. The van der Waals surface area contributed by atoms with Crippen LogP contribution in [-0.4, -0.2) is 29.9 Å². The molecule has 0 aliphatic heterocycles. The Hall–Kier alpha value is -1.79. The summed E-state index contributed by atoms with van der Waals surface area (Å²) in [6.45, 7) is 11.4. The maximum absolute atomic E-state index is 12.8. The second kappa shape index (κ2) is 7.85. The smallest absolute Gasteiger partial charge is 0.254 e. The molecule has 3 nitrogen and oxygen atoms in total. The third kappa shape index (κ3) is 4.61. The van der Waals surface area contributed by atoms with Gasteiger partial charge in [0.25, 0.3) is 5.91 Å². The summed E-state index contributed by atoms with van der Waals surface area (Å²) in [6.07, 6.45) is 0. The average molecular weight is 286 g/mol. The molecule has 1 aromatic carbocycles. The van der Waals surface area contributed by atoms with Crippen LogP contribution in [0.25, 0.3) is 0 Å². The van der Waals surface area contributed by atoms with Crippen LogP contribution in [0.15, 0.2) is 18.2 Å². The predicted molar refractivity (Wildman–Crippen MR) is 88.1 cm³/mol. The molecule has 21 heavy (non-hydrogen) atoms. The lowest BCUT2D eigenvalue weighted by Gasteiger charge is -2.29. The van der Waals surface area contributed by atoms with Crippen molar-refractivity contribution in [2.75, 3.05) is 13.1 Å². The molecule has 1 amide bonds. The van der Waals surface area contributed by atoms with Gasteiger partial charge in [-0.25, -0.2) is 0 Å². The SMILES string of the molecule is Cc1c(C#CCN)cccc1C(=O)N(CC(C)C)C(C)C. The number of rotatable bonds is 4. The summed E-state index contributed by atoms with van der Waals surface area (Å²) in [4.78, 5) is 14.7. The van der Waals surface area contributed by atoms with Crippen molar-refractivity contribution in [2.45, 2.75) is 40.7 Å². The first-order valence-electron chi connectivity index (χ1n) is 7.48. The van der Waals surface area contributed by atoms with Gasteiger partial charge >= 0.3 is 0 Å². The van der Waals surface area contributed by atoms with E-state index in [9.17, 15) is 4.79 Å². The lowest BCUT2D eigenvalue weighted by molar-refractivity contribution is 0.0681. The Labute approximate surface area is 128 Å². The van der Waals surface area contributed by atoms with Crippen LogP contribution in [0.4, 0.5) is 0 Å². The summed E-state index contributed by atoms with van der Waals surface area (Å²) in [5, 5.41) is 0. The van der Waals surface area contributed by atoms with Gasteiger partial charge < -0.3 is 10.6 Å². The molecule has 0 radical (unpaired) electrons. The largest absolute Gasteiger partial charge is 0.336 e. The van der Waals surface area contributed by atoms with Gasteiger partial charge in [-0.15, -0.1) is 0 Å². The van der Waals surface area contributed by atoms with E-state index in [1.165, 1.54) is 0 Å². The molecule has 1 rings (SSSR count). The molecule has 2 N–H and O–H groups in total. The molecule has 0 atom stereocenters. The number of nitrogens with zero attached hydrogens (tertiary/aromatic N) is 1. The second-order valence-corrected chi connectivity index (χ2v) is 5.93. The molecule has 0 saturated carbocycles. The first-order chi connectivity index (χ1) is 9.88. The highest BCUT2D eigenvalue weighted by atomic mass is 16.2. The molecule has 0 aliphatic rings. The van der Waals surface area contributed by atoms with Crippen molar-refractivity contribution in [3.63, 3.8) is 0 Å². The molecular formula is C18H26N2O. The number of nitrogens with two attached hydrogens (primary N) is 1. The highest BCUT2D eigenvalue weighted by Gasteiger charge is 2.21. The quantitative estimate of drug-likeness (QED) is 0.865. The molecule has 0 unspecified atom stereocenters. The summed E-state index contributed by atoms with van der Waals surface area (Å²) in [5.74, 6) is 6.40. The van der Waals surface area contributed by atoms with Crippen molar-refractivity contribution >= 4 is 5.91 Å². The number of carbonyl (C=O) groups is 1. The summed E-state index contributed by atoms with van der Waals surface area (Å²) in [5.41, 5.74) is 7.95. The zero-order chi connectivity index (χ0) is 16.0. The number of hydrogen-bond donors (Lipinski definition) is 1. The number of carbonyl (C=O) groups excluding carboxylic acids is 1. The lowest BCUT2D eigenvalue weighted by Crippen LogP contribution is -2.39. The van der Waals surface area contributed by atoms with Crippen molar-refractivity contribution in [3.05, 3.63) is 34.9 Å². The van der Waals surface area contributed by atoms with Crippen molar-refractivity contribution in [3.8, 4) is 11.8 Å². The minimum Gasteiger partial charge on any atom is -0.336 e. The summed E-state index contributed by atoms with van der Waals surface area (Å²) in [6, 6.07) is 5.87. The Kier molecular flexibility index (Phi) is 6.45. The van der Waals surface area contributed by atoms with Crippen LogP contribution >= 0.6 is 0 Å². The third-order valence-electron chi connectivity index (χ3n) is 3.34. The van der Waals surface area contributed by atoms with Gasteiger partial charge in [0.2, 0.25) is 0 Å². The minimum absolute atomic E-state index is 0.0765. The Balaban J connectivity index is 3.16. The maximum atomic E-state index is 12.8. The van der Waals surface area contributed by atoms with Crippen LogP contribution in [0.1, 0.15) is 49.2 Å². The van der Waals surface area contributed by atoms with Crippen molar-refractivity contribution in [2.24, 2.45) is 11.7 Å². The highest BCUT2D eigenvalue weighted by molar-refractivity contribution is 5.96. The Morgan fingerprint density at radius 3 is 2.48 bits per heavy atom. The van der Waals surface area contributed by atoms with Crippen LogP contribution in [0.5, 0.6) is 0 Å². The second-order valence-electron chi connectivity index (χ2n) is 5.93. The predicted octanol–water partition coefficient (Wildman–Crippen LogP) is 2.81. The molecule has 114 valence electrons. The van der Waals surface area contributed by atoms with Crippen LogP contribution in [-0.2, 0) is 0 Å². The van der Waals surface area contributed by atoms with E-state index in [2.05, 4.69) is 25.7 Å². The molecule has 0 saturated heterocycles. The molecule has 3 heteroatoms. The lowest BCUT2D eigenvalue weighted by atomic mass is 10.0. The van der Waals surface area contributed by atoms with E-state index in [0.29, 0.717) is 12.5 Å². The van der Waals surface area contributed by atoms with E-state index < -0.39 is 0 Å². The van der Waals surface area contributed by atoms with Crippen LogP contribution in [0.3, 0.4) is 0 Å². The third-order valence-corrected chi connectivity index (χ3v) is 3.34. The normalized spacial score (nSPS) is 10.5. The molecule has 0 fully saturated rings. The fraction of sp³-hybridized carbons (Fsp3) is 0.500. The van der Waals surface area contributed by atoms with E-state index in [4.69, 9.17) is 5.73 Å². The van der Waals surface area contributed by atoms with Crippen molar-refractivity contribution in [1.29, 1.82) is 0 Å². The molecular weight excluding hydrogens is 260 g/mol. The summed E-state index contributed by atoms with van der Waals surface area (Å²) >= 11 is 0. The van der Waals surface area contributed by atoms with E-state index >= 15 is 0 Å². The molecule has 0 aliphatic carbocycles. The Bertz CT molecular complexity index is 550. The fourth-order valence-electron chi connectivity index (χ4n) is 2.23. The number of hydrogen-bond acceptors (Lipinski definition) is 2. The zero-order valence-electron chi connectivity index (χ0n) is 13.7. The number of amides is 1. The first kappa shape index (κ1) is 17.3. The van der Waals surface area contributed by atoms with E-state index in [0.717, 1.165) is 23.2 Å². The Morgan fingerprint density at radius 1 is 1.29 bits per heavy atom. The van der Waals surface area contributed by atoms with Gasteiger partial charge in [0, 0.05) is 23.7 Å². The molecule has 1 aromatic rings. The molecule has 0 spiro atoms. The molecule has 0 heterocycles. The van der Waals surface area contributed by atoms with Crippen LogP contribution < -0.4 is 5.73 Å². The topological polar surface area (TPSA) is 46.3 Å². The monoisotopic (exact) mass is 286 g/mol. The van der Waals surface area contributed by atoms with Crippen molar-refractivity contribution < 1.29 is 4.79 Å². The first-order valence-corrected chi connectivity index (χ1v) is 7.48. The average Bonchev–Trinajstić information content (AvgIpc) is 2.42. The van der Waals surface area contributed by atoms with Gasteiger partial charge in [-0.1, -0.05) is 31.8 Å². The van der Waals surface area contributed by atoms with Crippen molar-refractivity contribution in [1.82, 2.24) is 4.90 Å². The van der Waals surface area contributed by atoms with E-state index in [-0.39, 0.29) is 11.9 Å². The number of benzene rings is 1. The van der Waals surface area contributed by atoms with E-state index in [1.807, 2.05) is 43.9 Å². The fourth-order valence-corrected chi connectivity index (χ4v) is 2.23. The standard InChI is InChI=1S/C18H26N2O/c1-13(2)12-20(14(3)4)18(21)17-10-6-8-16(15(17)5)9-7-11-19/h6,8,10,13-14H,11-12,19H2,1-5H3. The van der Waals surface area contributed by atoms with Crippen LogP contribution in [0, 0.1) is 24.7 Å². The van der Waals surface area contributed by atoms with Gasteiger partial charge in [0.15, 0.2) is 0 Å². The van der Waals surface area contributed by atoms with E-state index in [1.54, 1.807) is 0 Å². The van der Waals surface area contributed by atoms with Gasteiger partial charge in [-0.3, -0.25) is 4.79 Å². The van der Waals surface area contributed by atoms with Gasteiger partial charge in [0.05, 0.1) is 6.54 Å². The summed E-state index contributed by atoms with van der Waals surface area (Å²) in [7, 11) is 0. The van der Waals surface area contributed by atoms with Gasteiger partial charge in [-0.05, 0) is 44.4 Å². The Morgan fingerprint density at radius 2 is 1.95 bits per heavy atom. The minimum atomic E-state index is 0.0765. The van der Waals surface area contributed by atoms with Crippen LogP contribution in [0.2, 0.25) is 0 Å². The van der Waals surface area contributed by atoms with Gasteiger partial charge in [-0.2, -0.15) is 0 Å². The van der Waals surface area contributed by atoms with Gasteiger partial charge in [0.1, 0.15) is 0 Å². The zero-order valence-corrected chi connectivity index (χ0v) is 13.7. The highest BCUT2D eigenvalue weighted by Crippen LogP contribution is 2.17.